The zero-order valence-electron chi connectivity index (χ0n) is 11.4. The fourth-order valence-electron chi connectivity index (χ4n) is 2.22. The topological polar surface area (TPSA) is 88.2 Å². The number of nitrogens with two attached hydrogens (primary N) is 1. The van der Waals surface area contributed by atoms with E-state index in [-0.39, 0.29) is 19.3 Å². The van der Waals surface area contributed by atoms with Crippen LogP contribution >= 0.6 is 0 Å². The molecule has 1 fully saturated rings. The molecule has 1 aliphatic heterocycles. The molecule has 20 heavy (non-hydrogen) atoms. The van der Waals surface area contributed by atoms with Crippen molar-refractivity contribution < 1.29 is 19.7 Å². The summed E-state index contributed by atoms with van der Waals surface area (Å²) in [7, 11) is 0. The number of benzene rings is 1. The quantitative estimate of drug-likeness (QED) is 0.621. The van der Waals surface area contributed by atoms with E-state index in [1.54, 1.807) is 12.1 Å². The summed E-state index contributed by atoms with van der Waals surface area (Å²) in [5, 5.41) is 19.3. The molecular weight excluding hydrogens is 260 g/mol. The van der Waals surface area contributed by atoms with E-state index in [0.717, 1.165) is 0 Å². The van der Waals surface area contributed by atoms with Gasteiger partial charge in [-0.05, 0) is 12.1 Å². The summed E-state index contributed by atoms with van der Waals surface area (Å²) < 4.78 is 10.8. The zero-order valence-corrected chi connectivity index (χ0v) is 11.4. The molecule has 0 radical (unpaired) electrons. The number of morpholine rings is 1. The zero-order chi connectivity index (χ0) is 14.4. The number of nitrogens with zero attached hydrogens (tertiary/aromatic N) is 1. The first-order chi connectivity index (χ1) is 9.70. The number of aliphatic hydroxyl groups is 2. The van der Waals surface area contributed by atoms with Crippen molar-refractivity contribution in [1.82, 2.24) is 4.90 Å². The van der Waals surface area contributed by atoms with Crippen molar-refractivity contribution in [2.24, 2.45) is 0 Å². The van der Waals surface area contributed by atoms with Crippen molar-refractivity contribution in [2.75, 3.05) is 45.3 Å². The van der Waals surface area contributed by atoms with E-state index >= 15 is 0 Å². The average molecular weight is 282 g/mol. The number of ether oxygens (including phenoxy) is 2. The monoisotopic (exact) mass is 282 g/mol. The molecule has 0 bridgehead atoms. The molecule has 112 valence electrons. The maximum atomic E-state index is 10.0. The normalized spacial score (nSPS) is 21.6. The molecule has 0 amide bonds. The van der Waals surface area contributed by atoms with Crippen LogP contribution in [0, 0.1) is 0 Å². The number of β-amino-alcohol motifs (C(OH)–C–C–N with tert-alkyl or cyclic N) is 1. The Labute approximate surface area is 118 Å². The van der Waals surface area contributed by atoms with Crippen LogP contribution in [0.4, 0.5) is 5.69 Å². The standard InChI is InChI=1S/C14H22N2O4/c15-13-3-1-2-4-14(13)20-10-12(18)7-16-5-6-19-9-11(16)8-17/h1-4,11-12,17-18H,5-10,15H2. The van der Waals surface area contributed by atoms with E-state index < -0.39 is 6.10 Å². The van der Waals surface area contributed by atoms with Crippen LogP contribution in [-0.4, -0.2) is 66.8 Å². The number of nitrogen functional groups attached to an aromatic ring is 1. The Morgan fingerprint density at radius 2 is 2.25 bits per heavy atom. The first-order valence-electron chi connectivity index (χ1n) is 6.78. The predicted molar refractivity (Wildman–Crippen MR) is 75.6 cm³/mol. The van der Waals surface area contributed by atoms with Gasteiger partial charge in [0.15, 0.2) is 0 Å². The predicted octanol–water partition coefficient (Wildman–Crippen LogP) is -0.298. The van der Waals surface area contributed by atoms with E-state index in [2.05, 4.69) is 0 Å². The number of rotatable bonds is 6. The minimum Gasteiger partial charge on any atom is -0.489 e. The molecule has 1 heterocycles. The molecule has 6 nitrogen and oxygen atoms in total. The van der Waals surface area contributed by atoms with Crippen LogP contribution in [0.3, 0.4) is 0 Å². The molecular formula is C14H22N2O4. The van der Waals surface area contributed by atoms with Gasteiger partial charge in [0.2, 0.25) is 0 Å². The van der Waals surface area contributed by atoms with Crippen LogP contribution in [-0.2, 0) is 4.74 Å². The van der Waals surface area contributed by atoms with E-state index in [4.69, 9.17) is 15.2 Å². The van der Waals surface area contributed by atoms with Crippen molar-refractivity contribution in [2.45, 2.75) is 12.1 Å². The summed E-state index contributed by atoms with van der Waals surface area (Å²) in [4.78, 5) is 2.02. The number of anilines is 1. The van der Waals surface area contributed by atoms with Gasteiger partial charge >= 0.3 is 0 Å². The van der Waals surface area contributed by atoms with Gasteiger partial charge in [-0.25, -0.2) is 0 Å². The molecule has 4 N–H and O–H groups in total. The second-order valence-corrected chi connectivity index (χ2v) is 4.91. The van der Waals surface area contributed by atoms with Crippen LogP contribution in [0.5, 0.6) is 5.75 Å². The van der Waals surface area contributed by atoms with Gasteiger partial charge in [0, 0.05) is 13.1 Å². The maximum absolute atomic E-state index is 10.0. The smallest absolute Gasteiger partial charge is 0.142 e. The minimum absolute atomic E-state index is 0.0270. The fraction of sp³-hybridized carbons (Fsp3) is 0.571. The van der Waals surface area contributed by atoms with E-state index in [9.17, 15) is 10.2 Å². The Hall–Kier alpha value is -1.34. The highest BCUT2D eigenvalue weighted by Crippen LogP contribution is 2.20. The highest BCUT2D eigenvalue weighted by Gasteiger charge is 2.24. The molecule has 6 heteroatoms. The summed E-state index contributed by atoms with van der Waals surface area (Å²) in [5.74, 6) is 0.576. The summed E-state index contributed by atoms with van der Waals surface area (Å²) in [6.45, 7) is 2.46. The highest BCUT2D eigenvalue weighted by molar-refractivity contribution is 5.51. The molecule has 2 atom stereocenters. The van der Waals surface area contributed by atoms with Gasteiger partial charge in [-0.3, -0.25) is 4.90 Å². The molecule has 2 rings (SSSR count). The van der Waals surface area contributed by atoms with Gasteiger partial charge in [-0.1, -0.05) is 12.1 Å². The number of hydrogen-bond donors (Lipinski definition) is 3. The SMILES string of the molecule is Nc1ccccc1OCC(O)CN1CCOCC1CO. The van der Waals surface area contributed by atoms with Crippen LogP contribution in [0.25, 0.3) is 0 Å². The molecule has 1 saturated heterocycles. The van der Waals surface area contributed by atoms with Crippen LogP contribution < -0.4 is 10.5 Å². The molecule has 0 spiro atoms. The third-order valence-electron chi connectivity index (χ3n) is 3.36. The second-order valence-electron chi connectivity index (χ2n) is 4.91. The van der Waals surface area contributed by atoms with Gasteiger partial charge in [0.05, 0.1) is 31.5 Å². The number of hydrogen-bond acceptors (Lipinski definition) is 6. The fourth-order valence-corrected chi connectivity index (χ4v) is 2.22. The lowest BCUT2D eigenvalue weighted by molar-refractivity contribution is -0.0480. The van der Waals surface area contributed by atoms with Crippen molar-refractivity contribution in [3.05, 3.63) is 24.3 Å². The Morgan fingerprint density at radius 1 is 1.45 bits per heavy atom. The largest absolute Gasteiger partial charge is 0.489 e. The van der Waals surface area contributed by atoms with E-state index in [1.165, 1.54) is 0 Å². The lowest BCUT2D eigenvalue weighted by atomic mass is 10.2. The lowest BCUT2D eigenvalue weighted by Crippen LogP contribution is -2.50. The molecule has 2 unspecified atom stereocenters. The summed E-state index contributed by atoms with van der Waals surface area (Å²) in [5.41, 5.74) is 6.32. The average Bonchev–Trinajstić information content (AvgIpc) is 2.47. The van der Waals surface area contributed by atoms with E-state index in [1.807, 2.05) is 17.0 Å². The summed E-state index contributed by atoms with van der Waals surface area (Å²) >= 11 is 0. The van der Waals surface area contributed by atoms with Gasteiger partial charge in [0.1, 0.15) is 18.5 Å². The molecule has 1 aromatic carbocycles. The first-order valence-corrected chi connectivity index (χ1v) is 6.78. The van der Waals surface area contributed by atoms with Crippen molar-refractivity contribution >= 4 is 5.69 Å². The minimum atomic E-state index is -0.637. The van der Waals surface area contributed by atoms with Gasteiger partial charge in [0.25, 0.3) is 0 Å². The number of aliphatic hydroxyl groups excluding tert-OH is 2. The first kappa shape index (κ1) is 15.1. The second kappa shape index (κ2) is 7.44. The van der Waals surface area contributed by atoms with E-state index in [0.29, 0.717) is 37.7 Å². The lowest BCUT2D eigenvalue weighted by Gasteiger charge is -2.35. The van der Waals surface area contributed by atoms with Gasteiger partial charge < -0.3 is 25.4 Å². The molecule has 1 aromatic rings. The van der Waals surface area contributed by atoms with Gasteiger partial charge in [-0.2, -0.15) is 0 Å². The summed E-state index contributed by atoms with van der Waals surface area (Å²) in [6.07, 6.45) is -0.637. The Balaban J connectivity index is 1.80. The molecule has 0 saturated carbocycles. The Morgan fingerprint density at radius 3 is 3.00 bits per heavy atom. The maximum Gasteiger partial charge on any atom is 0.142 e. The molecule has 0 aliphatic carbocycles. The van der Waals surface area contributed by atoms with Crippen LogP contribution in [0.15, 0.2) is 24.3 Å². The van der Waals surface area contributed by atoms with Crippen LogP contribution in [0.2, 0.25) is 0 Å². The van der Waals surface area contributed by atoms with Gasteiger partial charge in [-0.15, -0.1) is 0 Å². The highest BCUT2D eigenvalue weighted by atomic mass is 16.5. The van der Waals surface area contributed by atoms with Crippen molar-refractivity contribution in [3.8, 4) is 5.75 Å². The third-order valence-corrected chi connectivity index (χ3v) is 3.36. The Bertz CT molecular complexity index is 416. The van der Waals surface area contributed by atoms with Crippen molar-refractivity contribution in [1.29, 1.82) is 0 Å². The third kappa shape index (κ3) is 4.08. The molecule has 0 aromatic heterocycles. The van der Waals surface area contributed by atoms with Crippen LogP contribution in [0.1, 0.15) is 0 Å². The number of para-hydroxylation sites is 2. The van der Waals surface area contributed by atoms with Crippen molar-refractivity contribution in [3.63, 3.8) is 0 Å². The molecule has 1 aliphatic rings. The Kier molecular flexibility index (Phi) is 5.60. The summed E-state index contributed by atoms with van der Waals surface area (Å²) in [6, 6.07) is 7.14.